The number of hydrogen-bond donors (Lipinski definition) is 1. The summed E-state index contributed by atoms with van der Waals surface area (Å²) in [5.74, 6) is 0.744. The van der Waals surface area contributed by atoms with Gasteiger partial charge in [0.25, 0.3) is 0 Å². The van der Waals surface area contributed by atoms with E-state index in [9.17, 15) is 0 Å². The minimum atomic E-state index is 0.659. The lowest BCUT2D eigenvalue weighted by Crippen LogP contribution is -2.39. The van der Waals surface area contributed by atoms with Crippen LogP contribution < -0.4 is 5.32 Å². The first kappa shape index (κ1) is 12.3. The molecule has 0 aromatic rings. The highest BCUT2D eigenvalue weighted by atomic mass is 32.2. The van der Waals surface area contributed by atoms with Gasteiger partial charge in [0.15, 0.2) is 0 Å². The van der Waals surface area contributed by atoms with E-state index in [0.29, 0.717) is 11.3 Å². The van der Waals surface area contributed by atoms with Gasteiger partial charge in [-0.3, -0.25) is 0 Å². The summed E-state index contributed by atoms with van der Waals surface area (Å²) in [6, 6.07) is 0.659. The van der Waals surface area contributed by atoms with Gasteiger partial charge in [-0.15, -0.1) is 0 Å². The predicted molar refractivity (Wildman–Crippen MR) is 64.0 cm³/mol. The topological polar surface area (TPSA) is 21.3 Å². The second-order valence-electron chi connectivity index (χ2n) is 4.09. The molecule has 1 aliphatic rings. The van der Waals surface area contributed by atoms with E-state index < -0.39 is 0 Å². The smallest absolute Gasteiger partial charge is 0.0509 e. The molecule has 1 rings (SSSR count). The molecule has 3 atom stereocenters. The molecule has 0 aromatic carbocycles. The van der Waals surface area contributed by atoms with Crippen LogP contribution in [0.4, 0.5) is 0 Å². The molecule has 0 bridgehead atoms. The number of nitrogens with one attached hydrogen (secondary N) is 1. The van der Waals surface area contributed by atoms with Gasteiger partial charge >= 0.3 is 0 Å². The van der Waals surface area contributed by atoms with Gasteiger partial charge < -0.3 is 10.1 Å². The van der Waals surface area contributed by atoms with Gasteiger partial charge in [-0.2, -0.15) is 11.8 Å². The Balaban J connectivity index is 2.23. The van der Waals surface area contributed by atoms with E-state index in [4.69, 9.17) is 4.74 Å². The second-order valence-corrected chi connectivity index (χ2v) is 5.37. The monoisotopic (exact) mass is 217 g/mol. The molecule has 14 heavy (non-hydrogen) atoms. The molecule has 3 heteroatoms. The third kappa shape index (κ3) is 3.79. The van der Waals surface area contributed by atoms with Crippen molar-refractivity contribution in [2.75, 3.05) is 26.0 Å². The summed E-state index contributed by atoms with van der Waals surface area (Å²) in [6.07, 6.45) is 4.63. The van der Waals surface area contributed by atoms with Crippen molar-refractivity contribution in [1.29, 1.82) is 0 Å². The first-order chi connectivity index (χ1) is 6.77. The molecule has 0 aromatic heterocycles. The fourth-order valence-corrected chi connectivity index (χ4v) is 2.18. The summed E-state index contributed by atoms with van der Waals surface area (Å²) in [4.78, 5) is 0. The van der Waals surface area contributed by atoms with Gasteiger partial charge in [0, 0.05) is 24.4 Å². The third-order valence-corrected chi connectivity index (χ3v) is 4.02. The first-order valence-corrected chi connectivity index (χ1v) is 6.90. The molecule has 0 saturated carbocycles. The summed E-state index contributed by atoms with van der Waals surface area (Å²) in [5.41, 5.74) is 0. The Morgan fingerprint density at radius 2 is 2.36 bits per heavy atom. The van der Waals surface area contributed by atoms with Crippen LogP contribution in [0.5, 0.6) is 0 Å². The van der Waals surface area contributed by atoms with Crippen LogP contribution in [0.15, 0.2) is 0 Å². The van der Waals surface area contributed by atoms with E-state index in [0.717, 1.165) is 25.7 Å². The molecule has 1 fully saturated rings. The van der Waals surface area contributed by atoms with Crippen molar-refractivity contribution in [3.63, 3.8) is 0 Å². The Hall–Kier alpha value is 0.270. The molecule has 1 aliphatic heterocycles. The van der Waals surface area contributed by atoms with Crippen LogP contribution in [0.2, 0.25) is 0 Å². The van der Waals surface area contributed by atoms with Crippen LogP contribution in [0, 0.1) is 5.92 Å². The molecule has 0 amide bonds. The lowest BCUT2D eigenvalue weighted by molar-refractivity contribution is 0.176. The highest BCUT2D eigenvalue weighted by Gasteiger charge is 2.24. The molecular formula is C11H23NOS. The molecule has 0 aliphatic carbocycles. The zero-order chi connectivity index (χ0) is 10.4. The Kier molecular flexibility index (Phi) is 5.90. The summed E-state index contributed by atoms with van der Waals surface area (Å²) in [7, 11) is 0. The van der Waals surface area contributed by atoms with E-state index in [1.54, 1.807) is 0 Å². The maximum absolute atomic E-state index is 5.43. The zero-order valence-electron chi connectivity index (χ0n) is 9.58. The summed E-state index contributed by atoms with van der Waals surface area (Å²) in [5, 5.41) is 4.38. The van der Waals surface area contributed by atoms with E-state index >= 15 is 0 Å². The largest absolute Gasteiger partial charge is 0.381 e. The van der Waals surface area contributed by atoms with Gasteiger partial charge in [-0.1, -0.05) is 13.8 Å². The average Bonchev–Trinajstić information content (AvgIpc) is 2.72. The molecule has 0 spiro atoms. The molecule has 3 unspecified atom stereocenters. The van der Waals surface area contributed by atoms with Crippen molar-refractivity contribution in [2.24, 2.45) is 5.92 Å². The Labute approximate surface area is 92.2 Å². The van der Waals surface area contributed by atoms with Crippen molar-refractivity contribution in [3.8, 4) is 0 Å². The standard InChI is InChI=1S/C11H23NOS/c1-4-11(10-5-6-13-8-10)12-7-9(2)14-3/h9-12H,4-8H2,1-3H3. The maximum atomic E-state index is 5.43. The van der Waals surface area contributed by atoms with E-state index in [1.807, 2.05) is 11.8 Å². The zero-order valence-corrected chi connectivity index (χ0v) is 10.4. The Morgan fingerprint density at radius 3 is 2.86 bits per heavy atom. The molecule has 1 saturated heterocycles. The first-order valence-electron chi connectivity index (χ1n) is 5.61. The average molecular weight is 217 g/mol. The molecular weight excluding hydrogens is 194 g/mol. The highest BCUT2D eigenvalue weighted by molar-refractivity contribution is 7.99. The van der Waals surface area contributed by atoms with Crippen molar-refractivity contribution >= 4 is 11.8 Å². The van der Waals surface area contributed by atoms with Gasteiger partial charge in [-0.25, -0.2) is 0 Å². The Bertz CT molecular complexity index is 148. The fraction of sp³-hybridized carbons (Fsp3) is 1.00. The highest BCUT2D eigenvalue weighted by Crippen LogP contribution is 2.19. The minimum absolute atomic E-state index is 0.659. The van der Waals surface area contributed by atoms with Crippen LogP contribution >= 0.6 is 11.8 Å². The van der Waals surface area contributed by atoms with Crippen molar-refractivity contribution in [3.05, 3.63) is 0 Å². The number of hydrogen-bond acceptors (Lipinski definition) is 3. The molecule has 1 N–H and O–H groups in total. The quantitative estimate of drug-likeness (QED) is 0.736. The number of thioether (sulfide) groups is 1. The van der Waals surface area contributed by atoms with Crippen molar-refractivity contribution in [2.45, 2.75) is 38.0 Å². The van der Waals surface area contributed by atoms with Gasteiger partial charge in [-0.05, 0) is 25.0 Å². The summed E-state index contributed by atoms with van der Waals surface area (Å²) < 4.78 is 5.43. The minimum Gasteiger partial charge on any atom is -0.381 e. The normalized spacial score (nSPS) is 26.4. The van der Waals surface area contributed by atoms with Crippen LogP contribution in [0.1, 0.15) is 26.7 Å². The second kappa shape index (κ2) is 6.70. The molecule has 0 radical (unpaired) electrons. The molecule has 1 heterocycles. The van der Waals surface area contributed by atoms with Crippen LogP contribution in [0.3, 0.4) is 0 Å². The molecule has 2 nitrogen and oxygen atoms in total. The van der Waals surface area contributed by atoms with E-state index in [-0.39, 0.29) is 0 Å². The fourth-order valence-electron chi connectivity index (χ4n) is 1.92. The molecule has 84 valence electrons. The van der Waals surface area contributed by atoms with E-state index in [1.165, 1.54) is 12.8 Å². The predicted octanol–water partition coefficient (Wildman–Crippen LogP) is 2.14. The SMILES string of the molecule is CCC(NCC(C)SC)C1CCOC1. The third-order valence-electron chi connectivity index (χ3n) is 3.04. The lowest BCUT2D eigenvalue weighted by Gasteiger charge is -2.23. The Morgan fingerprint density at radius 1 is 1.57 bits per heavy atom. The van der Waals surface area contributed by atoms with Gasteiger partial charge in [0.1, 0.15) is 0 Å². The maximum Gasteiger partial charge on any atom is 0.0509 e. The van der Waals surface area contributed by atoms with Crippen LogP contribution in [0.25, 0.3) is 0 Å². The van der Waals surface area contributed by atoms with Crippen LogP contribution in [-0.4, -0.2) is 37.3 Å². The number of rotatable bonds is 6. The van der Waals surface area contributed by atoms with Crippen molar-refractivity contribution < 1.29 is 4.74 Å². The lowest BCUT2D eigenvalue weighted by atomic mass is 9.97. The van der Waals surface area contributed by atoms with Gasteiger partial charge in [0.2, 0.25) is 0 Å². The van der Waals surface area contributed by atoms with E-state index in [2.05, 4.69) is 25.4 Å². The summed E-state index contributed by atoms with van der Waals surface area (Å²) >= 11 is 1.93. The van der Waals surface area contributed by atoms with Crippen molar-refractivity contribution in [1.82, 2.24) is 5.32 Å². The van der Waals surface area contributed by atoms with Gasteiger partial charge in [0.05, 0.1) is 6.61 Å². The van der Waals surface area contributed by atoms with Crippen LogP contribution in [-0.2, 0) is 4.74 Å². The number of ether oxygens (including phenoxy) is 1. The summed E-state index contributed by atoms with van der Waals surface area (Å²) in [6.45, 7) is 7.57.